The zero-order valence-corrected chi connectivity index (χ0v) is 15.5. The van der Waals surface area contributed by atoms with Crippen molar-refractivity contribution in [2.24, 2.45) is 0 Å². The molecular formula is C19H17F2N3O2S. The van der Waals surface area contributed by atoms with E-state index in [0.29, 0.717) is 22.3 Å². The Labute approximate surface area is 157 Å². The van der Waals surface area contributed by atoms with Gasteiger partial charge in [0, 0.05) is 13.0 Å². The van der Waals surface area contributed by atoms with Crippen LogP contribution < -0.4 is 10.9 Å². The molecule has 5 nitrogen and oxygen atoms in total. The van der Waals surface area contributed by atoms with Crippen LogP contribution in [0.3, 0.4) is 0 Å². The fourth-order valence-electron chi connectivity index (χ4n) is 3.41. The van der Waals surface area contributed by atoms with Crippen molar-refractivity contribution in [1.29, 1.82) is 0 Å². The Kier molecular flexibility index (Phi) is 4.51. The molecule has 0 atom stereocenters. The number of benzene rings is 1. The van der Waals surface area contributed by atoms with Crippen LogP contribution >= 0.6 is 11.3 Å². The molecule has 3 aromatic rings. The Bertz CT molecular complexity index is 1100. The molecule has 140 valence electrons. The topological polar surface area (TPSA) is 64.0 Å². The number of carbonyl (C=O) groups excluding carboxylic acids is 1. The first-order chi connectivity index (χ1) is 13.0. The van der Waals surface area contributed by atoms with E-state index in [1.54, 1.807) is 11.5 Å². The maximum absolute atomic E-state index is 13.8. The third kappa shape index (κ3) is 3.03. The van der Waals surface area contributed by atoms with Gasteiger partial charge in [-0.25, -0.2) is 13.8 Å². The normalized spacial score (nSPS) is 14.0. The maximum Gasteiger partial charge on any atom is 0.266 e. The molecule has 4 rings (SSSR count). The van der Waals surface area contributed by atoms with Crippen LogP contribution in [0.4, 0.5) is 14.5 Å². The lowest BCUT2D eigenvalue weighted by Gasteiger charge is -2.08. The number of aryl methyl sites for hydroxylation is 2. The van der Waals surface area contributed by atoms with Gasteiger partial charge in [0.1, 0.15) is 28.0 Å². The minimum absolute atomic E-state index is 0.151. The molecule has 0 bridgehead atoms. The van der Waals surface area contributed by atoms with Crippen molar-refractivity contribution >= 4 is 33.1 Å². The summed E-state index contributed by atoms with van der Waals surface area (Å²) in [6.07, 6.45) is 3.67. The predicted octanol–water partition coefficient (Wildman–Crippen LogP) is 4.02. The van der Waals surface area contributed by atoms with Crippen molar-refractivity contribution in [3.05, 3.63) is 56.5 Å². The Morgan fingerprint density at radius 1 is 1.22 bits per heavy atom. The van der Waals surface area contributed by atoms with E-state index < -0.39 is 23.2 Å². The van der Waals surface area contributed by atoms with Gasteiger partial charge in [0.25, 0.3) is 11.5 Å². The fourth-order valence-corrected chi connectivity index (χ4v) is 4.50. The predicted molar refractivity (Wildman–Crippen MR) is 100 cm³/mol. The van der Waals surface area contributed by atoms with E-state index in [9.17, 15) is 18.4 Å². The second-order valence-corrected chi connectivity index (χ2v) is 7.58. The number of hydrogen-bond acceptors (Lipinski definition) is 4. The first-order valence-electron chi connectivity index (χ1n) is 8.75. The second kappa shape index (κ2) is 6.84. The van der Waals surface area contributed by atoms with Crippen LogP contribution in [0.2, 0.25) is 0 Å². The number of hydrogen-bond donors (Lipinski definition) is 1. The van der Waals surface area contributed by atoms with Gasteiger partial charge in [0.15, 0.2) is 0 Å². The van der Waals surface area contributed by atoms with Crippen LogP contribution in [0.25, 0.3) is 10.2 Å². The van der Waals surface area contributed by atoms with Crippen molar-refractivity contribution in [1.82, 2.24) is 9.55 Å². The highest BCUT2D eigenvalue weighted by Gasteiger charge is 2.23. The maximum atomic E-state index is 13.8. The van der Waals surface area contributed by atoms with Crippen LogP contribution in [0.1, 0.15) is 40.3 Å². The smallest absolute Gasteiger partial charge is 0.266 e. The van der Waals surface area contributed by atoms with Gasteiger partial charge in [-0.05, 0) is 37.5 Å². The molecule has 1 amide bonds. The van der Waals surface area contributed by atoms with Gasteiger partial charge in [-0.2, -0.15) is 0 Å². The summed E-state index contributed by atoms with van der Waals surface area (Å²) < 4.78 is 29.3. The summed E-state index contributed by atoms with van der Waals surface area (Å²) in [5, 5.41) is 2.69. The van der Waals surface area contributed by atoms with Crippen LogP contribution in [-0.2, 0) is 13.0 Å². The molecule has 0 saturated carbocycles. The third-order valence-corrected chi connectivity index (χ3v) is 6.00. The average molecular weight is 389 g/mol. The average Bonchev–Trinajstić information content (AvgIpc) is 2.80. The SMILES string of the molecule is Cc1c(C(=O)Nc2c(F)cccc2F)sc2nc3n(c(=O)c12)CCCCC3. The Morgan fingerprint density at radius 2 is 1.96 bits per heavy atom. The first-order valence-corrected chi connectivity index (χ1v) is 9.57. The number of nitrogens with zero attached hydrogens (tertiary/aromatic N) is 2. The Hall–Kier alpha value is -2.61. The number of carbonyl (C=O) groups is 1. The highest BCUT2D eigenvalue weighted by molar-refractivity contribution is 7.20. The monoisotopic (exact) mass is 389 g/mol. The number of rotatable bonds is 2. The van der Waals surface area contributed by atoms with Crippen molar-refractivity contribution in [3.8, 4) is 0 Å². The molecule has 1 aliphatic rings. The van der Waals surface area contributed by atoms with Crippen molar-refractivity contribution in [3.63, 3.8) is 0 Å². The summed E-state index contributed by atoms with van der Waals surface area (Å²) in [6, 6.07) is 3.37. The molecule has 1 aromatic carbocycles. The standard InChI is InChI=1S/C19H17F2N3O2S/c1-10-14-18(22-13-8-3-2-4-9-24(13)19(14)26)27-16(10)17(25)23-15-11(20)6-5-7-12(15)21/h5-7H,2-4,8-9H2,1H3,(H,23,25). The minimum Gasteiger partial charge on any atom is -0.316 e. The van der Waals surface area contributed by atoms with Crippen molar-refractivity contribution in [2.45, 2.75) is 39.2 Å². The number of aromatic nitrogens is 2. The Morgan fingerprint density at radius 3 is 2.70 bits per heavy atom. The number of nitrogens with one attached hydrogen (secondary N) is 1. The van der Waals surface area contributed by atoms with E-state index in [-0.39, 0.29) is 10.4 Å². The van der Waals surface area contributed by atoms with E-state index in [1.807, 2.05) is 0 Å². The number of amides is 1. The molecule has 2 aromatic heterocycles. The number of halogens is 2. The lowest BCUT2D eigenvalue weighted by atomic mass is 10.2. The van der Waals surface area contributed by atoms with E-state index in [4.69, 9.17) is 0 Å². The lowest BCUT2D eigenvalue weighted by Crippen LogP contribution is -2.24. The second-order valence-electron chi connectivity index (χ2n) is 6.58. The molecule has 0 spiro atoms. The van der Waals surface area contributed by atoms with Gasteiger partial charge < -0.3 is 5.32 Å². The molecule has 8 heteroatoms. The molecule has 0 fully saturated rings. The molecule has 3 heterocycles. The summed E-state index contributed by atoms with van der Waals surface area (Å²) in [5.41, 5.74) is -0.164. The van der Waals surface area contributed by atoms with Gasteiger partial charge in [-0.1, -0.05) is 12.5 Å². The van der Waals surface area contributed by atoms with Crippen LogP contribution in [-0.4, -0.2) is 15.5 Å². The lowest BCUT2D eigenvalue weighted by molar-refractivity contribution is 0.102. The molecule has 1 N–H and O–H groups in total. The Balaban J connectivity index is 1.79. The van der Waals surface area contributed by atoms with Crippen molar-refractivity contribution < 1.29 is 13.6 Å². The summed E-state index contributed by atoms with van der Waals surface area (Å²) in [6.45, 7) is 2.28. The van der Waals surface area contributed by atoms with Gasteiger partial charge in [-0.3, -0.25) is 14.2 Å². The minimum atomic E-state index is -0.855. The summed E-state index contributed by atoms with van der Waals surface area (Å²) >= 11 is 1.08. The highest BCUT2D eigenvalue weighted by Crippen LogP contribution is 2.29. The van der Waals surface area contributed by atoms with Crippen LogP contribution in [0, 0.1) is 18.6 Å². The zero-order chi connectivity index (χ0) is 19.1. The number of fused-ring (bicyclic) bond motifs is 2. The zero-order valence-electron chi connectivity index (χ0n) is 14.6. The number of anilines is 1. The van der Waals surface area contributed by atoms with Gasteiger partial charge in [0.2, 0.25) is 0 Å². The van der Waals surface area contributed by atoms with E-state index >= 15 is 0 Å². The molecule has 0 saturated heterocycles. The van der Waals surface area contributed by atoms with Crippen molar-refractivity contribution in [2.75, 3.05) is 5.32 Å². The fraction of sp³-hybridized carbons (Fsp3) is 0.316. The van der Waals surface area contributed by atoms with Crippen LogP contribution in [0.15, 0.2) is 23.0 Å². The molecular weight excluding hydrogens is 372 g/mol. The summed E-state index contributed by atoms with van der Waals surface area (Å²) in [4.78, 5) is 30.9. The molecule has 0 aliphatic carbocycles. The van der Waals surface area contributed by atoms with Crippen LogP contribution in [0.5, 0.6) is 0 Å². The molecule has 0 unspecified atom stereocenters. The molecule has 27 heavy (non-hydrogen) atoms. The summed E-state index contributed by atoms with van der Waals surface area (Å²) in [7, 11) is 0. The van der Waals surface area contributed by atoms with Gasteiger partial charge in [-0.15, -0.1) is 11.3 Å². The van der Waals surface area contributed by atoms with E-state index in [0.717, 1.165) is 55.0 Å². The van der Waals surface area contributed by atoms with Gasteiger partial charge >= 0.3 is 0 Å². The quantitative estimate of drug-likeness (QED) is 0.720. The number of para-hydroxylation sites is 1. The molecule has 0 radical (unpaired) electrons. The number of thiophene rings is 1. The third-order valence-electron chi connectivity index (χ3n) is 4.82. The van der Waals surface area contributed by atoms with E-state index in [1.165, 1.54) is 6.07 Å². The summed E-state index contributed by atoms with van der Waals surface area (Å²) in [5.74, 6) is -1.63. The highest BCUT2D eigenvalue weighted by atomic mass is 32.1. The van der Waals surface area contributed by atoms with E-state index in [2.05, 4.69) is 10.3 Å². The largest absolute Gasteiger partial charge is 0.316 e. The molecule has 1 aliphatic heterocycles. The van der Waals surface area contributed by atoms with Gasteiger partial charge in [0.05, 0.1) is 10.3 Å². The first kappa shape index (κ1) is 17.8.